The van der Waals surface area contributed by atoms with Gasteiger partial charge in [-0.1, -0.05) is 30.3 Å². The van der Waals surface area contributed by atoms with E-state index < -0.39 is 0 Å². The second-order valence-electron chi connectivity index (χ2n) is 13.6. The average Bonchev–Trinajstić information content (AvgIpc) is 3.87. The number of anilines is 2. The molecule has 3 atom stereocenters. The SMILES string of the molecule is Cc1c(NC(=O)c2ccc(CN3CC[C@@H](O)C3)cn2)cccc1-c1cccc(NC(=O)c2cc3n(n2)CCC[C@@H]3N2CCC[C@@H]2CO)c1C. The van der Waals surface area contributed by atoms with Crippen LogP contribution in [0.25, 0.3) is 11.1 Å². The van der Waals surface area contributed by atoms with Gasteiger partial charge in [0.05, 0.1) is 24.4 Å². The normalized spacial score (nSPS) is 21.1. The number of amides is 2. The molecule has 0 saturated carbocycles. The number of aliphatic hydroxyl groups is 2. The highest BCUT2D eigenvalue weighted by Crippen LogP contribution is 2.37. The maximum Gasteiger partial charge on any atom is 0.276 e. The Balaban J connectivity index is 1.05. The molecule has 0 bridgehead atoms. The van der Waals surface area contributed by atoms with Gasteiger partial charge in [-0.15, -0.1) is 0 Å². The van der Waals surface area contributed by atoms with Crippen LogP contribution < -0.4 is 10.6 Å². The predicted molar refractivity (Wildman–Crippen MR) is 188 cm³/mol. The van der Waals surface area contributed by atoms with Gasteiger partial charge >= 0.3 is 0 Å². The number of carbonyl (C=O) groups is 2. The van der Waals surface area contributed by atoms with Crippen LogP contribution in [-0.4, -0.2) is 85.0 Å². The van der Waals surface area contributed by atoms with E-state index in [4.69, 9.17) is 5.10 Å². The summed E-state index contributed by atoms with van der Waals surface area (Å²) < 4.78 is 1.97. The van der Waals surface area contributed by atoms with Gasteiger partial charge in [0.15, 0.2) is 5.69 Å². The molecule has 7 rings (SSSR count). The number of likely N-dealkylation sites (tertiary alicyclic amines) is 2. The van der Waals surface area contributed by atoms with E-state index in [1.807, 2.05) is 67.1 Å². The minimum Gasteiger partial charge on any atom is -0.395 e. The number of aryl methyl sites for hydroxylation is 1. The maximum atomic E-state index is 13.6. The number of hydrogen-bond acceptors (Lipinski definition) is 8. The van der Waals surface area contributed by atoms with E-state index in [9.17, 15) is 19.8 Å². The molecule has 256 valence electrons. The average molecular weight is 664 g/mol. The van der Waals surface area contributed by atoms with Gasteiger partial charge in [0, 0.05) is 49.8 Å². The van der Waals surface area contributed by atoms with Gasteiger partial charge in [0.1, 0.15) is 5.69 Å². The molecule has 2 saturated heterocycles. The molecule has 0 aliphatic carbocycles. The fraction of sp³-hybridized carbons (Fsp3) is 0.421. The zero-order chi connectivity index (χ0) is 34.1. The number of fused-ring (bicyclic) bond motifs is 1. The van der Waals surface area contributed by atoms with Crippen molar-refractivity contribution in [3.8, 4) is 11.1 Å². The number of nitrogens with one attached hydrogen (secondary N) is 2. The Labute approximate surface area is 287 Å². The van der Waals surface area contributed by atoms with Crippen molar-refractivity contribution in [1.29, 1.82) is 0 Å². The highest BCUT2D eigenvalue weighted by atomic mass is 16.3. The van der Waals surface area contributed by atoms with E-state index in [1.54, 1.807) is 12.3 Å². The molecule has 0 unspecified atom stereocenters. The Morgan fingerprint density at radius 1 is 0.857 bits per heavy atom. The predicted octanol–water partition coefficient (Wildman–Crippen LogP) is 4.92. The van der Waals surface area contributed by atoms with Gasteiger partial charge in [0.25, 0.3) is 11.8 Å². The highest BCUT2D eigenvalue weighted by molar-refractivity contribution is 6.05. The third kappa shape index (κ3) is 6.89. The summed E-state index contributed by atoms with van der Waals surface area (Å²) in [5.41, 5.74) is 7.88. The summed E-state index contributed by atoms with van der Waals surface area (Å²) >= 11 is 0. The summed E-state index contributed by atoms with van der Waals surface area (Å²) in [5, 5.41) is 30.5. The molecule has 0 spiro atoms. The van der Waals surface area contributed by atoms with Crippen LogP contribution in [0.15, 0.2) is 60.8 Å². The Hall–Kier alpha value is -4.42. The van der Waals surface area contributed by atoms with Crippen LogP contribution in [0, 0.1) is 13.8 Å². The van der Waals surface area contributed by atoms with Crippen LogP contribution in [-0.2, 0) is 13.1 Å². The summed E-state index contributed by atoms with van der Waals surface area (Å²) in [7, 11) is 0. The lowest BCUT2D eigenvalue weighted by Crippen LogP contribution is -2.38. The summed E-state index contributed by atoms with van der Waals surface area (Å²) in [6.07, 6.45) is 6.29. The number of β-amino-alcohol motifs (C(OH)–C–C–N with tert-alkyl or cyclic N) is 1. The smallest absolute Gasteiger partial charge is 0.276 e. The van der Waals surface area contributed by atoms with E-state index >= 15 is 0 Å². The first-order valence-electron chi connectivity index (χ1n) is 17.4. The monoisotopic (exact) mass is 663 g/mol. The molecule has 11 nitrogen and oxygen atoms in total. The second kappa shape index (κ2) is 14.2. The topological polar surface area (TPSA) is 136 Å². The summed E-state index contributed by atoms with van der Waals surface area (Å²) in [4.78, 5) is 35.8. The molecule has 4 aromatic rings. The Morgan fingerprint density at radius 2 is 1.55 bits per heavy atom. The van der Waals surface area contributed by atoms with E-state index in [0.717, 1.165) is 85.2 Å². The van der Waals surface area contributed by atoms with Crippen molar-refractivity contribution < 1.29 is 19.8 Å². The number of nitrogens with zero attached hydrogens (tertiary/aromatic N) is 5. The van der Waals surface area contributed by atoms with Crippen molar-refractivity contribution in [2.24, 2.45) is 0 Å². The maximum absolute atomic E-state index is 13.6. The molecular weight excluding hydrogens is 618 g/mol. The largest absolute Gasteiger partial charge is 0.395 e. The van der Waals surface area contributed by atoms with Crippen molar-refractivity contribution in [2.75, 3.05) is 36.9 Å². The van der Waals surface area contributed by atoms with E-state index in [1.165, 1.54) is 0 Å². The zero-order valence-electron chi connectivity index (χ0n) is 28.2. The Morgan fingerprint density at radius 3 is 2.18 bits per heavy atom. The fourth-order valence-corrected chi connectivity index (χ4v) is 7.74. The molecule has 0 radical (unpaired) electrons. The first-order valence-corrected chi connectivity index (χ1v) is 17.4. The molecule has 2 fully saturated rings. The lowest BCUT2D eigenvalue weighted by molar-refractivity contribution is 0.0999. The van der Waals surface area contributed by atoms with Gasteiger partial charge in [-0.05, 0) is 105 Å². The van der Waals surface area contributed by atoms with E-state index in [2.05, 4.69) is 25.4 Å². The number of aliphatic hydroxyl groups excluding tert-OH is 2. The summed E-state index contributed by atoms with van der Waals surface area (Å²) in [6.45, 7) is 8.06. The van der Waals surface area contributed by atoms with Gasteiger partial charge in [-0.3, -0.25) is 29.1 Å². The van der Waals surface area contributed by atoms with Crippen LogP contribution in [0.4, 0.5) is 11.4 Å². The number of carbonyl (C=O) groups excluding carboxylic acids is 2. The van der Waals surface area contributed by atoms with Gasteiger partial charge in [-0.25, -0.2) is 0 Å². The number of hydrogen-bond donors (Lipinski definition) is 4. The zero-order valence-corrected chi connectivity index (χ0v) is 28.2. The lowest BCUT2D eigenvalue weighted by Gasteiger charge is -2.35. The van der Waals surface area contributed by atoms with Crippen molar-refractivity contribution in [1.82, 2.24) is 24.6 Å². The minimum atomic E-state index is -0.289. The molecule has 11 heteroatoms. The standard InChI is InChI=1S/C38H45N7O4/c1-24-29(8-3-10-31(24)40-37(48)33-14-13-26(20-39-33)21-43-18-15-28(47)22-43)30-9-4-11-32(25(30)2)41-38(49)34-19-36-35(12-6-17-45(36)42-34)44-16-5-7-27(44)23-46/h3-4,8-11,13-14,19-20,27-28,35,46-47H,5-7,12,15-18,21-23H2,1-2H3,(H,40,48)(H,41,49)/t27-,28-,35+/m1/s1. The fourth-order valence-electron chi connectivity index (χ4n) is 7.74. The highest BCUT2D eigenvalue weighted by Gasteiger charge is 2.35. The lowest BCUT2D eigenvalue weighted by atomic mass is 9.94. The van der Waals surface area contributed by atoms with Crippen LogP contribution in [0.5, 0.6) is 0 Å². The number of benzene rings is 2. The molecule has 5 heterocycles. The van der Waals surface area contributed by atoms with Crippen LogP contribution in [0.1, 0.15) is 81.5 Å². The molecule has 3 aliphatic rings. The summed E-state index contributed by atoms with van der Waals surface area (Å²) in [6, 6.07) is 17.5. The number of pyridine rings is 1. The first-order chi connectivity index (χ1) is 23.8. The van der Waals surface area contributed by atoms with Crippen LogP contribution in [0.3, 0.4) is 0 Å². The number of rotatable bonds is 9. The molecule has 2 aromatic heterocycles. The van der Waals surface area contributed by atoms with Gasteiger partial charge in [-0.2, -0.15) is 5.10 Å². The molecule has 4 N–H and O–H groups in total. The van der Waals surface area contributed by atoms with Crippen molar-refractivity contribution in [3.05, 3.63) is 94.6 Å². The minimum absolute atomic E-state index is 0.153. The van der Waals surface area contributed by atoms with Crippen LogP contribution in [0.2, 0.25) is 0 Å². The Kier molecular flexibility index (Phi) is 9.59. The number of aromatic nitrogens is 3. The molecule has 3 aliphatic heterocycles. The molecule has 2 amide bonds. The quantitative estimate of drug-likeness (QED) is 0.198. The van der Waals surface area contributed by atoms with Crippen LogP contribution >= 0.6 is 0 Å². The first kappa shape index (κ1) is 33.1. The Bertz CT molecular complexity index is 1840. The van der Waals surface area contributed by atoms with Crippen molar-refractivity contribution >= 4 is 23.2 Å². The van der Waals surface area contributed by atoms with E-state index in [0.29, 0.717) is 35.9 Å². The molecule has 2 aromatic carbocycles. The van der Waals surface area contributed by atoms with Crippen molar-refractivity contribution in [2.45, 2.75) is 77.2 Å². The second-order valence-corrected chi connectivity index (χ2v) is 13.6. The molecular formula is C38H45N7O4. The third-order valence-corrected chi connectivity index (χ3v) is 10.4. The summed E-state index contributed by atoms with van der Waals surface area (Å²) in [5.74, 6) is -0.543. The van der Waals surface area contributed by atoms with Gasteiger partial charge < -0.3 is 20.8 Å². The van der Waals surface area contributed by atoms with Gasteiger partial charge in [0.2, 0.25) is 0 Å². The van der Waals surface area contributed by atoms with E-state index in [-0.39, 0.29) is 36.6 Å². The third-order valence-electron chi connectivity index (χ3n) is 10.4. The van der Waals surface area contributed by atoms with Crippen molar-refractivity contribution in [3.63, 3.8) is 0 Å². The molecule has 49 heavy (non-hydrogen) atoms.